The summed E-state index contributed by atoms with van der Waals surface area (Å²) >= 11 is 0. The predicted molar refractivity (Wildman–Crippen MR) is 95.8 cm³/mol. The maximum Gasteiger partial charge on any atom is 0.157 e. The molecular weight excluding hydrogens is 270 g/mol. The average molecular weight is 306 g/mol. The van der Waals surface area contributed by atoms with Crippen LogP contribution >= 0.6 is 0 Å². The van der Waals surface area contributed by atoms with Gasteiger partial charge in [-0.1, -0.05) is 43.8 Å². The molecule has 0 amide bonds. The van der Waals surface area contributed by atoms with E-state index in [0.29, 0.717) is 6.04 Å². The van der Waals surface area contributed by atoms with Gasteiger partial charge in [0.2, 0.25) is 0 Å². The largest absolute Gasteiger partial charge is 0.378 e. The third kappa shape index (κ3) is 8.41. The molecule has 0 spiro atoms. The standard InChI is InChI=1S/C20H35NO/c1-17(2)9-8-10-18(3)21(4)16-15-20(22)14-13-19-11-6-5-7-12-19/h9,15-16,18-19H,5-8,10-14H2,1-4H3/b16-15+. The van der Waals surface area contributed by atoms with E-state index in [2.05, 4.69) is 38.8 Å². The Hall–Kier alpha value is -1.05. The summed E-state index contributed by atoms with van der Waals surface area (Å²) in [4.78, 5) is 14.2. The van der Waals surface area contributed by atoms with E-state index in [9.17, 15) is 4.79 Å². The maximum atomic E-state index is 12.0. The highest BCUT2D eigenvalue weighted by Crippen LogP contribution is 2.27. The Balaban J connectivity index is 2.23. The summed E-state index contributed by atoms with van der Waals surface area (Å²) in [5.41, 5.74) is 1.38. The third-order valence-corrected chi connectivity index (χ3v) is 4.85. The van der Waals surface area contributed by atoms with Crippen LogP contribution in [0.5, 0.6) is 0 Å². The molecule has 1 atom stereocenters. The van der Waals surface area contributed by atoms with Crippen molar-refractivity contribution in [1.29, 1.82) is 0 Å². The van der Waals surface area contributed by atoms with Crippen LogP contribution < -0.4 is 0 Å². The van der Waals surface area contributed by atoms with Crippen molar-refractivity contribution in [3.05, 3.63) is 23.9 Å². The Kier molecular flexibility index (Phi) is 9.19. The zero-order chi connectivity index (χ0) is 16.4. The molecule has 2 nitrogen and oxygen atoms in total. The van der Waals surface area contributed by atoms with Crippen LogP contribution in [-0.4, -0.2) is 23.8 Å². The first kappa shape index (κ1) is 19.0. The molecule has 0 bridgehead atoms. The number of nitrogens with zero attached hydrogens (tertiary/aromatic N) is 1. The molecule has 0 saturated heterocycles. The maximum absolute atomic E-state index is 12.0. The first-order valence-corrected chi connectivity index (χ1v) is 9.05. The molecule has 1 unspecified atom stereocenters. The van der Waals surface area contributed by atoms with Crippen molar-refractivity contribution in [2.75, 3.05) is 7.05 Å². The molecule has 2 heteroatoms. The van der Waals surface area contributed by atoms with Crippen LogP contribution in [0.4, 0.5) is 0 Å². The number of allylic oxidation sites excluding steroid dienone is 3. The van der Waals surface area contributed by atoms with Gasteiger partial charge in [0.15, 0.2) is 5.78 Å². The highest BCUT2D eigenvalue weighted by molar-refractivity contribution is 5.89. The molecular formula is C20H35NO. The van der Waals surface area contributed by atoms with Crippen molar-refractivity contribution in [2.24, 2.45) is 5.92 Å². The normalized spacial score (nSPS) is 17.5. The van der Waals surface area contributed by atoms with Crippen LogP contribution in [0.25, 0.3) is 0 Å². The molecule has 1 rings (SSSR count). The van der Waals surface area contributed by atoms with E-state index >= 15 is 0 Å². The minimum atomic E-state index is 0.286. The van der Waals surface area contributed by atoms with E-state index in [1.807, 2.05) is 6.20 Å². The summed E-state index contributed by atoms with van der Waals surface area (Å²) in [5, 5.41) is 0. The fraction of sp³-hybridized carbons (Fsp3) is 0.750. The molecule has 0 aromatic carbocycles. The van der Waals surface area contributed by atoms with Gasteiger partial charge in [-0.25, -0.2) is 0 Å². The molecule has 126 valence electrons. The summed E-state index contributed by atoms with van der Waals surface area (Å²) in [6, 6.07) is 0.470. The topological polar surface area (TPSA) is 20.3 Å². The van der Waals surface area contributed by atoms with Crippen LogP contribution in [0, 0.1) is 5.92 Å². The van der Waals surface area contributed by atoms with Crippen molar-refractivity contribution in [3.63, 3.8) is 0 Å². The second-order valence-electron chi connectivity index (χ2n) is 7.20. The molecule has 0 aromatic rings. The van der Waals surface area contributed by atoms with E-state index in [4.69, 9.17) is 0 Å². The second kappa shape index (κ2) is 10.6. The molecule has 1 saturated carbocycles. The molecule has 0 heterocycles. The monoisotopic (exact) mass is 305 g/mol. The van der Waals surface area contributed by atoms with Gasteiger partial charge in [0, 0.05) is 25.7 Å². The van der Waals surface area contributed by atoms with Crippen molar-refractivity contribution in [2.45, 2.75) is 84.6 Å². The Morgan fingerprint density at radius 2 is 1.91 bits per heavy atom. The van der Waals surface area contributed by atoms with Gasteiger partial charge in [0.05, 0.1) is 0 Å². The van der Waals surface area contributed by atoms with Gasteiger partial charge in [-0.3, -0.25) is 4.79 Å². The smallest absolute Gasteiger partial charge is 0.157 e. The molecule has 0 N–H and O–H groups in total. The summed E-state index contributed by atoms with van der Waals surface area (Å²) in [7, 11) is 2.07. The van der Waals surface area contributed by atoms with Gasteiger partial charge in [-0.2, -0.15) is 0 Å². The molecule has 1 aliphatic carbocycles. The molecule has 0 aromatic heterocycles. The SMILES string of the molecule is CC(C)=CCCC(C)N(C)/C=C/C(=O)CCC1CCCCC1. The van der Waals surface area contributed by atoms with Crippen LogP contribution in [0.2, 0.25) is 0 Å². The minimum absolute atomic E-state index is 0.286. The minimum Gasteiger partial charge on any atom is -0.378 e. The lowest BCUT2D eigenvalue weighted by Crippen LogP contribution is -2.23. The summed E-state index contributed by atoms with van der Waals surface area (Å²) in [5.74, 6) is 1.08. The van der Waals surface area contributed by atoms with Crippen molar-refractivity contribution in [3.8, 4) is 0 Å². The second-order valence-corrected chi connectivity index (χ2v) is 7.20. The number of rotatable bonds is 9. The Morgan fingerprint density at radius 1 is 1.23 bits per heavy atom. The summed E-state index contributed by atoms with van der Waals surface area (Å²) in [6.45, 7) is 6.49. The Morgan fingerprint density at radius 3 is 2.55 bits per heavy atom. The quantitative estimate of drug-likeness (QED) is 0.414. The van der Waals surface area contributed by atoms with E-state index in [1.165, 1.54) is 37.7 Å². The highest BCUT2D eigenvalue weighted by atomic mass is 16.1. The Bertz CT molecular complexity index is 373. The number of hydrogen-bond donors (Lipinski definition) is 0. The van der Waals surface area contributed by atoms with Gasteiger partial charge >= 0.3 is 0 Å². The third-order valence-electron chi connectivity index (χ3n) is 4.85. The molecule has 1 fully saturated rings. The molecule has 22 heavy (non-hydrogen) atoms. The molecule has 0 aliphatic heterocycles. The lowest BCUT2D eigenvalue weighted by Gasteiger charge is -2.23. The van der Waals surface area contributed by atoms with Crippen molar-refractivity contribution >= 4 is 5.78 Å². The first-order valence-electron chi connectivity index (χ1n) is 9.05. The highest BCUT2D eigenvalue weighted by Gasteiger charge is 2.14. The van der Waals surface area contributed by atoms with Gasteiger partial charge in [0.1, 0.15) is 0 Å². The lowest BCUT2D eigenvalue weighted by atomic mass is 9.86. The number of hydrogen-bond acceptors (Lipinski definition) is 2. The van der Waals surface area contributed by atoms with Crippen molar-refractivity contribution < 1.29 is 4.79 Å². The van der Waals surface area contributed by atoms with Gasteiger partial charge in [-0.05, 0) is 52.0 Å². The van der Waals surface area contributed by atoms with E-state index in [1.54, 1.807) is 6.08 Å². The van der Waals surface area contributed by atoms with Crippen molar-refractivity contribution in [1.82, 2.24) is 4.90 Å². The summed E-state index contributed by atoms with van der Waals surface area (Å²) in [6.07, 6.45) is 16.8. The zero-order valence-electron chi connectivity index (χ0n) is 15.1. The van der Waals surface area contributed by atoms with E-state index in [-0.39, 0.29) is 5.78 Å². The van der Waals surface area contributed by atoms with Crippen LogP contribution in [0.1, 0.15) is 78.6 Å². The van der Waals surface area contributed by atoms with Gasteiger partial charge in [-0.15, -0.1) is 0 Å². The zero-order valence-corrected chi connectivity index (χ0v) is 15.1. The average Bonchev–Trinajstić information content (AvgIpc) is 2.51. The van der Waals surface area contributed by atoms with Crippen LogP contribution in [0.15, 0.2) is 23.9 Å². The Labute approximate surface area is 137 Å². The number of carbonyl (C=O) groups excluding carboxylic acids is 1. The lowest BCUT2D eigenvalue weighted by molar-refractivity contribution is -0.115. The predicted octanol–water partition coefficient (Wildman–Crippen LogP) is 5.50. The first-order chi connectivity index (χ1) is 10.5. The number of carbonyl (C=O) groups is 1. The summed E-state index contributed by atoms with van der Waals surface area (Å²) < 4.78 is 0. The molecule has 0 radical (unpaired) electrons. The fourth-order valence-corrected chi connectivity index (χ4v) is 3.07. The van der Waals surface area contributed by atoms with Crippen LogP contribution in [0.3, 0.4) is 0 Å². The van der Waals surface area contributed by atoms with E-state index in [0.717, 1.165) is 31.6 Å². The van der Waals surface area contributed by atoms with Gasteiger partial charge < -0.3 is 4.90 Å². The molecule has 1 aliphatic rings. The van der Waals surface area contributed by atoms with Gasteiger partial charge in [0.25, 0.3) is 0 Å². The van der Waals surface area contributed by atoms with E-state index < -0.39 is 0 Å². The fourth-order valence-electron chi connectivity index (χ4n) is 3.07. The van der Waals surface area contributed by atoms with Crippen LogP contribution in [-0.2, 0) is 4.79 Å². The number of ketones is 1.